The van der Waals surface area contributed by atoms with Crippen LogP contribution in [0.25, 0.3) is 0 Å². The molecule has 0 fully saturated rings. The molecule has 1 atom stereocenters. The number of benzene rings is 2. The Morgan fingerprint density at radius 2 is 1.86 bits per heavy atom. The molecule has 6 heteroatoms. The van der Waals surface area contributed by atoms with Crippen LogP contribution in [0.3, 0.4) is 0 Å². The second kappa shape index (κ2) is 8.69. The van der Waals surface area contributed by atoms with Crippen molar-refractivity contribution >= 4 is 23.3 Å². The molecule has 0 aromatic heterocycles. The van der Waals surface area contributed by atoms with Crippen molar-refractivity contribution in [3.8, 4) is 5.75 Å². The smallest absolute Gasteiger partial charge is 0.344 e. The van der Waals surface area contributed by atoms with Crippen LogP contribution in [0.15, 0.2) is 42.5 Å². The first kappa shape index (κ1) is 19.6. The van der Waals surface area contributed by atoms with Crippen molar-refractivity contribution in [1.82, 2.24) is 0 Å². The molecule has 1 N–H and O–H groups in total. The van der Waals surface area contributed by atoms with Gasteiger partial charge < -0.3 is 14.8 Å². The maximum atomic E-state index is 12.3. The Labute approximate surface area is 163 Å². The number of rotatable bonds is 7. The van der Waals surface area contributed by atoms with E-state index in [0.717, 1.165) is 19.3 Å². The van der Waals surface area contributed by atoms with E-state index >= 15 is 0 Å². The van der Waals surface area contributed by atoms with Crippen molar-refractivity contribution in [1.29, 1.82) is 0 Å². The number of ketones is 1. The number of amides is 1. The van der Waals surface area contributed by atoms with Gasteiger partial charge in [0.2, 0.25) is 0 Å². The lowest BCUT2D eigenvalue weighted by atomic mass is 10.1. The van der Waals surface area contributed by atoms with Crippen LogP contribution in [-0.2, 0) is 27.2 Å². The Morgan fingerprint density at radius 1 is 1.07 bits per heavy atom. The summed E-state index contributed by atoms with van der Waals surface area (Å²) in [5.74, 6) is -0.764. The van der Waals surface area contributed by atoms with Gasteiger partial charge in [0, 0.05) is 11.3 Å². The highest BCUT2D eigenvalue weighted by molar-refractivity contribution is 5.95. The summed E-state index contributed by atoms with van der Waals surface area (Å²) >= 11 is 0. The van der Waals surface area contributed by atoms with Crippen LogP contribution in [0, 0.1) is 0 Å². The number of hydrogen-bond donors (Lipinski definition) is 1. The van der Waals surface area contributed by atoms with E-state index in [9.17, 15) is 14.4 Å². The van der Waals surface area contributed by atoms with Gasteiger partial charge in [0.1, 0.15) is 5.75 Å². The van der Waals surface area contributed by atoms with Crippen LogP contribution >= 0.6 is 0 Å². The molecular formula is C22H23NO5. The van der Waals surface area contributed by atoms with Crippen LogP contribution in [0.2, 0.25) is 0 Å². The van der Waals surface area contributed by atoms with Crippen molar-refractivity contribution in [3.63, 3.8) is 0 Å². The van der Waals surface area contributed by atoms with Crippen molar-refractivity contribution in [2.24, 2.45) is 0 Å². The predicted octanol–water partition coefficient (Wildman–Crippen LogP) is 3.33. The topological polar surface area (TPSA) is 81.7 Å². The first-order chi connectivity index (χ1) is 13.4. The Balaban J connectivity index is 1.49. The molecule has 0 radical (unpaired) electrons. The standard InChI is InChI=1S/C22H23NO5/c1-14(24)17-6-4-8-20(12-17)27-13-21(25)28-15(2)22(26)23-19-10-9-16-5-3-7-18(16)11-19/h4,6,8-12,15H,3,5,7,13H2,1-2H3,(H,23,26)/t15-/m1/s1. The molecule has 1 aliphatic carbocycles. The summed E-state index contributed by atoms with van der Waals surface area (Å²) in [5.41, 5.74) is 3.77. The number of fused-ring (bicyclic) bond motifs is 1. The quantitative estimate of drug-likeness (QED) is 0.588. The van der Waals surface area contributed by atoms with Crippen molar-refractivity contribution in [3.05, 3.63) is 59.2 Å². The van der Waals surface area contributed by atoms with Gasteiger partial charge in [-0.1, -0.05) is 18.2 Å². The average Bonchev–Trinajstić information content (AvgIpc) is 3.14. The van der Waals surface area contributed by atoms with E-state index in [-0.39, 0.29) is 12.4 Å². The summed E-state index contributed by atoms with van der Waals surface area (Å²) in [6, 6.07) is 12.4. The second-order valence-corrected chi connectivity index (χ2v) is 6.83. The third-order valence-electron chi connectivity index (χ3n) is 4.64. The molecule has 0 saturated carbocycles. The van der Waals surface area contributed by atoms with Gasteiger partial charge in [-0.05, 0) is 68.5 Å². The van der Waals surface area contributed by atoms with Gasteiger partial charge in [-0.3, -0.25) is 9.59 Å². The highest BCUT2D eigenvalue weighted by atomic mass is 16.6. The fourth-order valence-electron chi connectivity index (χ4n) is 3.13. The lowest BCUT2D eigenvalue weighted by Crippen LogP contribution is -2.31. The number of carbonyl (C=O) groups is 3. The maximum Gasteiger partial charge on any atom is 0.344 e. The summed E-state index contributed by atoms with van der Waals surface area (Å²) in [6.07, 6.45) is 2.28. The molecule has 1 aliphatic rings. The van der Waals surface area contributed by atoms with Crippen molar-refractivity contribution in [2.75, 3.05) is 11.9 Å². The lowest BCUT2D eigenvalue weighted by Gasteiger charge is -2.14. The highest BCUT2D eigenvalue weighted by Crippen LogP contribution is 2.25. The minimum Gasteiger partial charge on any atom is -0.482 e. The minimum absolute atomic E-state index is 0.0927. The molecule has 28 heavy (non-hydrogen) atoms. The Morgan fingerprint density at radius 3 is 2.64 bits per heavy atom. The van der Waals surface area contributed by atoms with Crippen molar-refractivity contribution in [2.45, 2.75) is 39.2 Å². The van der Waals surface area contributed by atoms with Crippen LogP contribution < -0.4 is 10.1 Å². The summed E-state index contributed by atoms with van der Waals surface area (Å²) in [4.78, 5) is 35.6. The van der Waals surface area contributed by atoms with Gasteiger partial charge in [-0.2, -0.15) is 0 Å². The number of esters is 1. The molecule has 6 nitrogen and oxygen atoms in total. The fourth-order valence-corrected chi connectivity index (χ4v) is 3.13. The number of nitrogens with one attached hydrogen (secondary N) is 1. The van der Waals surface area contributed by atoms with E-state index in [4.69, 9.17) is 9.47 Å². The highest BCUT2D eigenvalue weighted by Gasteiger charge is 2.19. The summed E-state index contributed by atoms with van der Waals surface area (Å²) in [6.45, 7) is 2.61. The molecule has 146 valence electrons. The van der Waals surface area contributed by atoms with Crippen LogP contribution in [0.1, 0.15) is 41.8 Å². The first-order valence-corrected chi connectivity index (χ1v) is 9.28. The summed E-state index contributed by atoms with van der Waals surface area (Å²) in [7, 11) is 0. The Kier molecular flexibility index (Phi) is 6.09. The van der Waals surface area contributed by atoms with E-state index in [0.29, 0.717) is 17.0 Å². The van der Waals surface area contributed by atoms with E-state index in [1.165, 1.54) is 25.0 Å². The number of anilines is 1. The van der Waals surface area contributed by atoms with Gasteiger partial charge in [-0.15, -0.1) is 0 Å². The van der Waals surface area contributed by atoms with Crippen LogP contribution in [-0.4, -0.2) is 30.4 Å². The largest absolute Gasteiger partial charge is 0.482 e. The first-order valence-electron chi connectivity index (χ1n) is 9.28. The molecule has 0 aliphatic heterocycles. The van der Waals surface area contributed by atoms with Gasteiger partial charge in [0.05, 0.1) is 0 Å². The monoisotopic (exact) mass is 381 g/mol. The van der Waals surface area contributed by atoms with Gasteiger partial charge in [0.15, 0.2) is 18.5 Å². The Bertz CT molecular complexity index is 906. The number of carbonyl (C=O) groups excluding carboxylic acids is 3. The molecule has 2 aromatic carbocycles. The van der Waals surface area contributed by atoms with Crippen LogP contribution in [0.4, 0.5) is 5.69 Å². The minimum atomic E-state index is -0.951. The maximum absolute atomic E-state index is 12.3. The molecule has 0 heterocycles. The average molecular weight is 381 g/mol. The molecule has 0 bridgehead atoms. The molecule has 3 rings (SSSR count). The fraction of sp³-hybridized carbons (Fsp3) is 0.318. The zero-order chi connectivity index (χ0) is 20.1. The third kappa shape index (κ3) is 4.97. The summed E-state index contributed by atoms with van der Waals surface area (Å²) in [5, 5.41) is 2.78. The number of ether oxygens (including phenoxy) is 2. The normalized spacial score (nSPS) is 13.4. The van der Waals surface area contributed by atoms with Crippen LogP contribution in [0.5, 0.6) is 5.75 Å². The van der Waals surface area contributed by atoms with Gasteiger partial charge in [0.25, 0.3) is 5.91 Å². The molecule has 0 spiro atoms. The molecular weight excluding hydrogens is 358 g/mol. The number of Topliss-reactive ketones (excluding diaryl/α,β-unsaturated/α-hetero) is 1. The second-order valence-electron chi connectivity index (χ2n) is 6.83. The SMILES string of the molecule is CC(=O)c1cccc(OCC(=O)O[C@H](C)C(=O)Nc2ccc3c(c2)CCC3)c1. The van der Waals surface area contributed by atoms with Crippen molar-refractivity contribution < 1.29 is 23.9 Å². The third-order valence-corrected chi connectivity index (χ3v) is 4.64. The van der Waals surface area contributed by atoms with E-state index < -0.39 is 18.0 Å². The zero-order valence-electron chi connectivity index (χ0n) is 16.0. The zero-order valence-corrected chi connectivity index (χ0v) is 16.0. The summed E-state index contributed by atoms with van der Waals surface area (Å²) < 4.78 is 10.5. The Hall–Kier alpha value is -3.15. The lowest BCUT2D eigenvalue weighted by molar-refractivity contribution is -0.155. The molecule has 0 unspecified atom stereocenters. The van der Waals surface area contributed by atoms with E-state index in [2.05, 4.69) is 5.32 Å². The van der Waals surface area contributed by atoms with E-state index in [1.807, 2.05) is 18.2 Å². The van der Waals surface area contributed by atoms with Gasteiger partial charge >= 0.3 is 5.97 Å². The molecule has 0 saturated heterocycles. The predicted molar refractivity (Wildman–Crippen MR) is 105 cm³/mol. The van der Waals surface area contributed by atoms with E-state index in [1.54, 1.807) is 24.3 Å². The molecule has 1 amide bonds. The molecule has 2 aromatic rings. The number of aryl methyl sites for hydroxylation is 2. The number of hydrogen-bond acceptors (Lipinski definition) is 5. The van der Waals surface area contributed by atoms with Gasteiger partial charge in [-0.25, -0.2) is 4.79 Å².